The quantitative estimate of drug-likeness (QED) is 0.580. The highest BCUT2D eigenvalue weighted by Gasteiger charge is 2.19. The number of nitro groups is 1. The number of benzene rings is 1. The number of nitrogens with zero attached hydrogens (tertiary/aromatic N) is 1. The molecule has 0 unspecified atom stereocenters. The van der Waals surface area contributed by atoms with E-state index < -0.39 is 4.92 Å². The molecule has 0 radical (unpaired) electrons. The Balaban J connectivity index is 2.86. The van der Waals surface area contributed by atoms with Crippen LogP contribution in [0, 0.1) is 17.0 Å². The molecule has 0 amide bonds. The van der Waals surface area contributed by atoms with Gasteiger partial charge in [0.25, 0.3) is 5.69 Å². The summed E-state index contributed by atoms with van der Waals surface area (Å²) in [6.45, 7) is 1.71. The van der Waals surface area contributed by atoms with Gasteiger partial charge in [-0.15, -0.1) is 11.3 Å². The first-order valence-corrected chi connectivity index (χ1v) is 4.78. The van der Waals surface area contributed by atoms with Crippen LogP contribution >= 0.6 is 11.3 Å². The van der Waals surface area contributed by atoms with Crippen molar-refractivity contribution in [3.05, 3.63) is 33.2 Å². The Hall–Kier alpha value is -1.62. The molecule has 0 aliphatic heterocycles. The van der Waals surface area contributed by atoms with E-state index in [0.29, 0.717) is 10.3 Å². The fourth-order valence-corrected chi connectivity index (χ4v) is 2.43. The summed E-state index contributed by atoms with van der Waals surface area (Å²) in [5.41, 5.74) is 0.0981. The van der Waals surface area contributed by atoms with Crippen LogP contribution in [0.3, 0.4) is 0 Å². The van der Waals surface area contributed by atoms with Crippen LogP contribution in [0.4, 0.5) is 5.69 Å². The van der Waals surface area contributed by atoms with Crippen LogP contribution in [0.25, 0.3) is 10.1 Å². The van der Waals surface area contributed by atoms with Gasteiger partial charge < -0.3 is 5.11 Å². The van der Waals surface area contributed by atoms with Crippen LogP contribution in [0.1, 0.15) is 4.88 Å². The molecular formula is C9H7NO3S. The maximum atomic E-state index is 10.7. The van der Waals surface area contributed by atoms with Crippen molar-refractivity contribution in [1.82, 2.24) is 0 Å². The van der Waals surface area contributed by atoms with Gasteiger partial charge in [-0.3, -0.25) is 10.1 Å². The average Bonchev–Trinajstić information content (AvgIpc) is 2.40. The lowest BCUT2D eigenvalue weighted by Crippen LogP contribution is -1.87. The third-order valence-electron chi connectivity index (χ3n) is 2.00. The summed E-state index contributed by atoms with van der Waals surface area (Å²) in [7, 11) is 0. The minimum absolute atomic E-state index is 0.0541. The van der Waals surface area contributed by atoms with Gasteiger partial charge in [0.15, 0.2) is 0 Å². The number of phenols is 1. The number of aromatic hydroxyl groups is 1. The molecule has 5 heteroatoms. The number of hydrogen-bond acceptors (Lipinski definition) is 4. The third kappa shape index (κ3) is 1.22. The molecule has 1 aromatic carbocycles. The molecule has 0 atom stereocenters. The molecule has 4 nitrogen and oxygen atoms in total. The van der Waals surface area contributed by atoms with Gasteiger partial charge in [0.1, 0.15) is 5.75 Å². The predicted molar refractivity (Wildman–Crippen MR) is 54.9 cm³/mol. The van der Waals surface area contributed by atoms with Crippen LogP contribution in [0.15, 0.2) is 18.2 Å². The molecule has 0 bridgehead atoms. The van der Waals surface area contributed by atoms with Gasteiger partial charge in [-0.05, 0) is 25.1 Å². The smallest absolute Gasteiger partial charge is 0.290 e. The second kappa shape index (κ2) is 2.95. The Morgan fingerprint density at radius 3 is 2.86 bits per heavy atom. The van der Waals surface area contributed by atoms with Crippen molar-refractivity contribution >= 4 is 27.1 Å². The predicted octanol–water partition coefficient (Wildman–Crippen LogP) is 2.82. The van der Waals surface area contributed by atoms with E-state index in [2.05, 4.69) is 0 Å². The van der Waals surface area contributed by atoms with E-state index in [1.165, 1.54) is 23.5 Å². The summed E-state index contributed by atoms with van der Waals surface area (Å²) >= 11 is 1.36. The molecule has 0 aliphatic carbocycles. The Kier molecular flexibility index (Phi) is 1.89. The molecule has 0 aliphatic rings. The van der Waals surface area contributed by atoms with Crippen molar-refractivity contribution in [2.24, 2.45) is 0 Å². The van der Waals surface area contributed by atoms with Crippen molar-refractivity contribution in [3.63, 3.8) is 0 Å². The second-order valence-electron chi connectivity index (χ2n) is 2.94. The number of fused-ring (bicyclic) bond motifs is 1. The Bertz CT molecular complexity index is 518. The SMILES string of the molecule is Cc1sc2ccc(O)cc2c1[N+](=O)[O-]. The molecule has 14 heavy (non-hydrogen) atoms. The zero-order chi connectivity index (χ0) is 10.3. The molecule has 2 rings (SSSR count). The highest BCUT2D eigenvalue weighted by atomic mass is 32.1. The highest BCUT2D eigenvalue weighted by Crippen LogP contribution is 2.38. The summed E-state index contributed by atoms with van der Waals surface area (Å²) in [6.07, 6.45) is 0. The van der Waals surface area contributed by atoms with Crippen molar-refractivity contribution in [1.29, 1.82) is 0 Å². The first-order chi connectivity index (χ1) is 6.59. The van der Waals surface area contributed by atoms with Gasteiger partial charge in [-0.1, -0.05) is 0 Å². The van der Waals surface area contributed by atoms with E-state index >= 15 is 0 Å². The van der Waals surface area contributed by atoms with Gasteiger partial charge >= 0.3 is 0 Å². The number of hydrogen-bond donors (Lipinski definition) is 1. The second-order valence-corrected chi connectivity index (χ2v) is 4.20. The fourth-order valence-electron chi connectivity index (χ4n) is 1.42. The number of rotatable bonds is 1. The summed E-state index contributed by atoms with van der Waals surface area (Å²) in [5, 5.41) is 20.5. The van der Waals surface area contributed by atoms with Crippen LogP contribution in [0.2, 0.25) is 0 Å². The largest absolute Gasteiger partial charge is 0.508 e. The molecule has 2 aromatic rings. The maximum Gasteiger partial charge on any atom is 0.290 e. The van der Waals surface area contributed by atoms with Crippen molar-refractivity contribution < 1.29 is 10.0 Å². The lowest BCUT2D eigenvalue weighted by atomic mass is 10.2. The van der Waals surface area contributed by atoms with E-state index in [1.54, 1.807) is 13.0 Å². The zero-order valence-electron chi connectivity index (χ0n) is 7.35. The molecule has 1 N–H and O–H groups in total. The summed E-state index contributed by atoms with van der Waals surface area (Å²) < 4.78 is 0.826. The summed E-state index contributed by atoms with van der Waals surface area (Å²) in [4.78, 5) is 11.0. The molecule has 0 spiro atoms. The van der Waals surface area contributed by atoms with Crippen LogP contribution < -0.4 is 0 Å². The number of thiophene rings is 1. The van der Waals surface area contributed by atoms with E-state index in [1.807, 2.05) is 0 Å². The molecule has 0 fully saturated rings. The molecule has 72 valence electrons. The van der Waals surface area contributed by atoms with Gasteiger partial charge in [-0.25, -0.2) is 0 Å². The van der Waals surface area contributed by atoms with Crippen LogP contribution in [0.5, 0.6) is 5.75 Å². The van der Waals surface area contributed by atoms with Gasteiger partial charge in [0, 0.05) is 4.70 Å². The molecular weight excluding hydrogens is 202 g/mol. The van der Waals surface area contributed by atoms with Crippen molar-refractivity contribution in [3.8, 4) is 5.75 Å². The van der Waals surface area contributed by atoms with E-state index in [4.69, 9.17) is 0 Å². The lowest BCUT2D eigenvalue weighted by Gasteiger charge is -1.92. The normalized spacial score (nSPS) is 10.6. The van der Waals surface area contributed by atoms with E-state index in [0.717, 1.165) is 4.70 Å². The Morgan fingerprint density at radius 1 is 1.50 bits per heavy atom. The monoisotopic (exact) mass is 209 g/mol. The highest BCUT2D eigenvalue weighted by molar-refractivity contribution is 7.19. The maximum absolute atomic E-state index is 10.7. The minimum atomic E-state index is -0.409. The lowest BCUT2D eigenvalue weighted by molar-refractivity contribution is -0.383. The van der Waals surface area contributed by atoms with E-state index in [-0.39, 0.29) is 11.4 Å². The molecule has 1 aromatic heterocycles. The van der Waals surface area contributed by atoms with E-state index in [9.17, 15) is 15.2 Å². The number of aryl methyl sites for hydroxylation is 1. The summed E-state index contributed by atoms with van der Waals surface area (Å²) in [6, 6.07) is 4.65. The van der Waals surface area contributed by atoms with Crippen LogP contribution in [-0.2, 0) is 0 Å². The van der Waals surface area contributed by atoms with Gasteiger partial charge in [-0.2, -0.15) is 0 Å². The molecule has 0 saturated heterocycles. The topological polar surface area (TPSA) is 63.4 Å². The first-order valence-electron chi connectivity index (χ1n) is 3.96. The van der Waals surface area contributed by atoms with Gasteiger partial charge in [0.2, 0.25) is 0 Å². The summed E-state index contributed by atoms with van der Waals surface area (Å²) in [5.74, 6) is 0.0541. The average molecular weight is 209 g/mol. The van der Waals surface area contributed by atoms with Gasteiger partial charge in [0.05, 0.1) is 15.2 Å². The van der Waals surface area contributed by atoms with Crippen molar-refractivity contribution in [2.45, 2.75) is 6.92 Å². The Morgan fingerprint density at radius 2 is 2.21 bits per heavy atom. The Labute approximate surface area is 83.6 Å². The third-order valence-corrected chi connectivity index (χ3v) is 3.07. The number of phenolic OH excluding ortho intramolecular Hbond substituents is 1. The molecule has 1 heterocycles. The zero-order valence-corrected chi connectivity index (χ0v) is 8.17. The standard InChI is InChI=1S/C9H7NO3S/c1-5-9(10(12)13)7-4-6(11)2-3-8(7)14-5/h2-4,11H,1H3. The van der Waals surface area contributed by atoms with Crippen LogP contribution in [-0.4, -0.2) is 10.0 Å². The molecule has 0 saturated carbocycles. The fraction of sp³-hybridized carbons (Fsp3) is 0.111. The van der Waals surface area contributed by atoms with Crippen molar-refractivity contribution in [2.75, 3.05) is 0 Å². The first kappa shape index (κ1) is 8.96. The minimum Gasteiger partial charge on any atom is -0.508 e.